The van der Waals surface area contributed by atoms with Crippen molar-refractivity contribution in [3.05, 3.63) is 23.4 Å². The summed E-state index contributed by atoms with van der Waals surface area (Å²) in [5.74, 6) is 0.156. The maximum atomic E-state index is 11.3. The third kappa shape index (κ3) is 2.31. The monoisotopic (exact) mass is 195 g/mol. The van der Waals surface area contributed by atoms with Crippen LogP contribution in [0.4, 0.5) is 0 Å². The van der Waals surface area contributed by atoms with E-state index in [0.717, 1.165) is 16.2 Å². The maximum absolute atomic E-state index is 11.3. The topological polar surface area (TPSA) is 30.0 Å². The molecule has 1 aromatic heterocycles. The molecule has 0 aliphatic carbocycles. The van der Waals surface area contributed by atoms with Crippen LogP contribution in [0.25, 0.3) is 0 Å². The lowest BCUT2D eigenvalue weighted by molar-refractivity contribution is 0.0987. The molecule has 2 nitrogen and oxygen atoms in total. The fourth-order valence-electron chi connectivity index (χ4n) is 1.13. The van der Waals surface area contributed by atoms with Gasteiger partial charge in [0.25, 0.3) is 0 Å². The van der Waals surface area contributed by atoms with E-state index >= 15 is 0 Å². The molecular weight excluding hydrogens is 182 g/mol. The number of aromatic nitrogens is 1. The minimum absolute atomic E-state index is 0.156. The summed E-state index contributed by atoms with van der Waals surface area (Å²) in [5, 5.41) is 0.993. The van der Waals surface area contributed by atoms with Crippen LogP contribution >= 0.6 is 11.8 Å². The smallest absolute Gasteiger partial charge is 0.164 e. The van der Waals surface area contributed by atoms with Gasteiger partial charge in [-0.2, -0.15) is 0 Å². The van der Waals surface area contributed by atoms with E-state index in [1.165, 1.54) is 0 Å². The summed E-state index contributed by atoms with van der Waals surface area (Å²) < 4.78 is 0. The number of hydrogen-bond acceptors (Lipinski definition) is 3. The molecule has 0 aliphatic heterocycles. The second-order valence-corrected chi connectivity index (χ2v) is 3.62. The summed E-state index contributed by atoms with van der Waals surface area (Å²) >= 11 is 1.60. The van der Waals surface area contributed by atoms with Crippen LogP contribution in [0.5, 0.6) is 0 Å². The van der Waals surface area contributed by atoms with Gasteiger partial charge in [0, 0.05) is 18.2 Å². The van der Waals surface area contributed by atoms with Gasteiger partial charge in [-0.05, 0) is 24.8 Å². The number of ketones is 1. The quantitative estimate of drug-likeness (QED) is 0.548. The van der Waals surface area contributed by atoms with E-state index in [1.54, 1.807) is 18.0 Å². The van der Waals surface area contributed by atoms with Crippen LogP contribution in [0, 0.1) is 6.92 Å². The summed E-state index contributed by atoms with van der Waals surface area (Å²) in [7, 11) is 0. The molecular formula is C10H13NOS. The highest BCUT2D eigenvalue weighted by Crippen LogP contribution is 2.17. The van der Waals surface area contributed by atoms with Gasteiger partial charge in [0.05, 0.1) is 5.03 Å². The van der Waals surface area contributed by atoms with Crippen LogP contribution in [0.1, 0.15) is 29.3 Å². The van der Waals surface area contributed by atoms with Gasteiger partial charge in [0.2, 0.25) is 0 Å². The van der Waals surface area contributed by atoms with Crippen molar-refractivity contribution in [2.24, 2.45) is 0 Å². The Morgan fingerprint density at radius 1 is 1.62 bits per heavy atom. The van der Waals surface area contributed by atoms with Gasteiger partial charge >= 0.3 is 0 Å². The van der Waals surface area contributed by atoms with Crippen molar-refractivity contribution in [1.29, 1.82) is 0 Å². The van der Waals surface area contributed by atoms with E-state index < -0.39 is 0 Å². The molecule has 0 spiro atoms. The van der Waals surface area contributed by atoms with E-state index in [9.17, 15) is 4.79 Å². The summed E-state index contributed by atoms with van der Waals surface area (Å²) in [4.78, 5) is 15.5. The summed E-state index contributed by atoms with van der Waals surface area (Å²) in [6.45, 7) is 3.84. The molecule has 13 heavy (non-hydrogen) atoms. The Bertz CT molecular complexity index is 323. The first-order valence-corrected chi connectivity index (χ1v) is 5.45. The van der Waals surface area contributed by atoms with Crippen molar-refractivity contribution in [1.82, 2.24) is 4.98 Å². The lowest BCUT2D eigenvalue weighted by Crippen LogP contribution is -1.99. The molecule has 0 N–H and O–H groups in total. The van der Waals surface area contributed by atoms with Crippen LogP contribution in [-0.2, 0) is 0 Å². The second kappa shape index (κ2) is 4.42. The van der Waals surface area contributed by atoms with Crippen molar-refractivity contribution in [2.75, 3.05) is 6.26 Å². The molecule has 0 bridgehead atoms. The van der Waals surface area contributed by atoms with Gasteiger partial charge in [0.1, 0.15) is 0 Å². The number of aryl methyl sites for hydroxylation is 1. The molecule has 0 saturated carbocycles. The van der Waals surface area contributed by atoms with E-state index in [4.69, 9.17) is 0 Å². The predicted molar refractivity (Wildman–Crippen MR) is 55.4 cm³/mol. The van der Waals surface area contributed by atoms with Crippen LogP contribution in [0.3, 0.4) is 0 Å². The van der Waals surface area contributed by atoms with E-state index in [-0.39, 0.29) is 5.78 Å². The summed E-state index contributed by atoms with van der Waals surface area (Å²) in [5.41, 5.74) is 1.80. The normalized spacial score (nSPS) is 10.1. The largest absolute Gasteiger partial charge is 0.294 e. The predicted octanol–water partition coefficient (Wildman–Crippen LogP) is 2.70. The highest BCUT2D eigenvalue weighted by atomic mass is 32.2. The number of carbonyl (C=O) groups is 1. The first-order valence-electron chi connectivity index (χ1n) is 4.22. The lowest BCUT2D eigenvalue weighted by Gasteiger charge is -2.03. The van der Waals surface area contributed by atoms with Crippen LogP contribution < -0.4 is 0 Å². The Morgan fingerprint density at radius 3 is 2.77 bits per heavy atom. The molecule has 0 aromatic carbocycles. The Kier molecular flexibility index (Phi) is 3.48. The molecule has 1 rings (SSSR count). The third-order valence-electron chi connectivity index (χ3n) is 1.87. The van der Waals surface area contributed by atoms with E-state index in [0.29, 0.717) is 6.42 Å². The molecule has 0 fully saturated rings. The van der Waals surface area contributed by atoms with Crippen molar-refractivity contribution >= 4 is 17.5 Å². The summed E-state index contributed by atoms with van der Waals surface area (Å²) in [6.07, 6.45) is 4.18. The van der Waals surface area contributed by atoms with Gasteiger partial charge in [-0.3, -0.25) is 4.79 Å². The van der Waals surface area contributed by atoms with Gasteiger partial charge < -0.3 is 0 Å². The molecule has 0 amide bonds. The first kappa shape index (κ1) is 10.3. The highest BCUT2D eigenvalue weighted by molar-refractivity contribution is 7.98. The number of hydrogen-bond donors (Lipinski definition) is 0. The molecule has 0 radical (unpaired) electrons. The molecule has 0 atom stereocenters. The molecule has 70 valence electrons. The zero-order valence-electron chi connectivity index (χ0n) is 8.13. The number of pyridine rings is 1. The van der Waals surface area contributed by atoms with Crippen molar-refractivity contribution < 1.29 is 4.79 Å². The minimum Gasteiger partial charge on any atom is -0.294 e. The molecule has 3 heteroatoms. The lowest BCUT2D eigenvalue weighted by atomic mass is 10.1. The highest BCUT2D eigenvalue weighted by Gasteiger charge is 2.05. The number of Topliss-reactive ketones (excluding diaryl/α,β-unsaturated/α-hetero) is 1. The number of nitrogens with zero attached hydrogens (tertiary/aromatic N) is 1. The third-order valence-corrected chi connectivity index (χ3v) is 2.68. The summed E-state index contributed by atoms with van der Waals surface area (Å²) in [6, 6.07) is 1.91. The molecule has 1 heterocycles. The standard InChI is InChI=1S/C10H13NOS/c1-4-9(12)8-5-7(2)10(13-3)11-6-8/h5-6H,4H2,1-3H3. The van der Waals surface area contributed by atoms with Crippen LogP contribution in [-0.4, -0.2) is 17.0 Å². The van der Waals surface area contributed by atoms with Gasteiger partial charge in [-0.25, -0.2) is 4.98 Å². The molecule has 0 aliphatic rings. The van der Waals surface area contributed by atoms with Gasteiger partial charge in [-0.15, -0.1) is 11.8 Å². The van der Waals surface area contributed by atoms with Crippen molar-refractivity contribution in [3.63, 3.8) is 0 Å². The molecule has 0 saturated heterocycles. The Hall–Kier alpha value is -0.830. The first-order chi connectivity index (χ1) is 6.19. The Balaban J connectivity index is 3.02. The van der Waals surface area contributed by atoms with Crippen molar-refractivity contribution in [3.8, 4) is 0 Å². The minimum atomic E-state index is 0.156. The van der Waals surface area contributed by atoms with Gasteiger partial charge in [-0.1, -0.05) is 6.92 Å². The Morgan fingerprint density at radius 2 is 2.31 bits per heavy atom. The molecule has 0 unspecified atom stereocenters. The number of rotatable bonds is 3. The fraction of sp³-hybridized carbons (Fsp3) is 0.400. The second-order valence-electron chi connectivity index (χ2n) is 2.83. The van der Waals surface area contributed by atoms with E-state index in [1.807, 2.05) is 26.2 Å². The average Bonchev–Trinajstić information content (AvgIpc) is 2.16. The average molecular weight is 195 g/mol. The van der Waals surface area contributed by atoms with Crippen molar-refractivity contribution in [2.45, 2.75) is 25.3 Å². The molecule has 1 aromatic rings. The van der Waals surface area contributed by atoms with Crippen LogP contribution in [0.2, 0.25) is 0 Å². The van der Waals surface area contributed by atoms with Crippen LogP contribution in [0.15, 0.2) is 17.3 Å². The zero-order valence-corrected chi connectivity index (χ0v) is 8.94. The number of thioether (sulfide) groups is 1. The number of carbonyl (C=O) groups excluding carboxylic acids is 1. The SMILES string of the molecule is CCC(=O)c1cnc(SC)c(C)c1. The zero-order chi connectivity index (χ0) is 9.84. The van der Waals surface area contributed by atoms with E-state index in [2.05, 4.69) is 4.98 Å². The van der Waals surface area contributed by atoms with Gasteiger partial charge in [0.15, 0.2) is 5.78 Å². The fourth-order valence-corrected chi connectivity index (χ4v) is 1.67. The maximum Gasteiger partial charge on any atom is 0.164 e. The Labute approximate surface area is 82.8 Å².